The van der Waals surface area contributed by atoms with Crippen molar-refractivity contribution in [1.82, 2.24) is 4.90 Å². The summed E-state index contributed by atoms with van der Waals surface area (Å²) in [6, 6.07) is 16.3. The third-order valence-corrected chi connectivity index (χ3v) is 5.41. The molecule has 1 amide bonds. The van der Waals surface area contributed by atoms with E-state index in [4.69, 9.17) is 10.5 Å². The molecule has 0 aliphatic carbocycles. The number of likely N-dealkylation sites (tertiary alicyclic amines) is 1. The van der Waals surface area contributed by atoms with Crippen LogP contribution in [0.2, 0.25) is 0 Å². The molecule has 0 aromatic heterocycles. The molecule has 1 fully saturated rings. The molecule has 4 nitrogen and oxygen atoms in total. The molecule has 1 unspecified atom stereocenters. The van der Waals surface area contributed by atoms with Crippen LogP contribution in [0.1, 0.15) is 37.0 Å². The Morgan fingerprint density at radius 3 is 2.67 bits per heavy atom. The van der Waals surface area contributed by atoms with Gasteiger partial charge in [-0.1, -0.05) is 55.8 Å². The number of aryl methyl sites for hydroxylation is 1. The maximum atomic E-state index is 12.7. The summed E-state index contributed by atoms with van der Waals surface area (Å²) >= 11 is 0. The predicted octanol–water partition coefficient (Wildman–Crippen LogP) is 3.70. The number of carbonyl (C=O) groups excluding carboxylic acids is 1. The standard InChI is InChI=1S/C23H30N2O2/c1-17-6-4-8-19(12-17)15-27-20-9-5-7-18(13-20)14-22(26)25-11-10-21(24)23(2,3)16-25/h4-9,12-13,21H,10-11,14-16,24H2,1-3H3. The van der Waals surface area contributed by atoms with E-state index in [1.165, 1.54) is 5.56 Å². The lowest BCUT2D eigenvalue weighted by molar-refractivity contribution is -0.133. The van der Waals surface area contributed by atoms with Crippen molar-refractivity contribution >= 4 is 5.91 Å². The number of ether oxygens (including phenoxy) is 1. The molecule has 2 N–H and O–H groups in total. The Hall–Kier alpha value is -2.33. The van der Waals surface area contributed by atoms with E-state index in [1.54, 1.807) is 0 Å². The molecule has 0 spiro atoms. The van der Waals surface area contributed by atoms with Gasteiger partial charge >= 0.3 is 0 Å². The Bertz CT molecular complexity index is 800. The van der Waals surface area contributed by atoms with Crippen LogP contribution in [0, 0.1) is 12.3 Å². The quantitative estimate of drug-likeness (QED) is 0.878. The van der Waals surface area contributed by atoms with Gasteiger partial charge in [-0.2, -0.15) is 0 Å². The van der Waals surface area contributed by atoms with Crippen molar-refractivity contribution in [3.05, 3.63) is 65.2 Å². The molecule has 1 aliphatic rings. The van der Waals surface area contributed by atoms with E-state index in [0.717, 1.165) is 36.4 Å². The Kier molecular flexibility index (Phi) is 5.85. The van der Waals surface area contributed by atoms with E-state index in [2.05, 4.69) is 39.0 Å². The monoisotopic (exact) mass is 366 g/mol. The van der Waals surface area contributed by atoms with Crippen molar-refractivity contribution < 1.29 is 9.53 Å². The van der Waals surface area contributed by atoms with E-state index < -0.39 is 0 Å². The van der Waals surface area contributed by atoms with E-state index in [0.29, 0.717) is 13.0 Å². The minimum absolute atomic E-state index is 0.0350. The first kappa shape index (κ1) is 19.4. The maximum absolute atomic E-state index is 12.7. The van der Waals surface area contributed by atoms with Crippen LogP contribution in [0.25, 0.3) is 0 Å². The smallest absolute Gasteiger partial charge is 0.227 e. The maximum Gasteiger partial charge on any atom is 0.227 e. The van der Waals surface area contributed by atoms with Gasteiger partial charge < -0.3 is 15.4 Å². The molecule has 1 atom stereocenters. The summed E-state index contributed by atoms with van der Waals surface area (Å²) < 4.78 is 5.92. The lowest BCUT2D eigenvalue weighted by atomic mass is 9.79. The van der Waals surface area contributed by atoms with Crippen LogP contribution in [0.4, 0.5) is 0 Å². The Labute approximate surface area is 162 Å². The second-order valence-corrected chi connectivity index (χ2v) is 8.30. The first-order valence-corrected chi connectivity index (χ1v) is 9.64. The third kappa shape index (κ3) is 5.10. The highest BCUT2D eigenvalue weighted by Gasteiger charge is 2.35. The van der Waals surface area contributed by atoms with Crippen molar-refractivity contribution in [3.8, 4) is 5.75 Å². The topological polar surface area (TPSA) is 55.6 Å². The van der Waals surface area contributed by atoms with Gasteiger partial charge in [0.2, 0.25) is 5.91 Å². The molecular weight excluding hydrogens is 336 g/mol. The number of amides is 1. The number of benzene rings is 2. The second kappa shape index (κ2) is 8.13. The van der Waals surface area contributed by atoms with Crippen LogP contribution in [-0.2, 0) is 17.8 Å². The molecule has 0 radical (unpaired) electrons. The van der Waals surface area contributed by atoms with Gasteiger partial charge in [-0.25, -0.2) is 0 Å². The molecular formula is C23H30N2O2. The van der Waals surface area contributed by atoms with Crippen molar-refractivity contribution in [2.24, 2.45) is 11.1 Å². The fourth-order valence-electron chi connectivity index (χ4n) is 3.59. The van der Waals surface area contributed by atoms with Crippen molar-refractivity contribution in [2.45, 2.75) is 46.3 Å². The fourth-order valence-corrected chi connectivity index (χ4v) is 3.59. The van der Waals surface area contributed by atoms with E-state index >= 15 is 0 Å². The van der Waals surface area contributed by atoms with Crippen LogP contribution in [-0.4, -0.2) is 29.9 Å². The lowest BCUT2D eigenvalue weighted by Crippen LogP contribution is -2.54. The number of nitrogens with two attached hydrogens (primary N) is 1. The molecule has 0 saturated carbocycles. The average molecular weight is 367 g/mol. The van der Waals surface area contributed by atoms with Gasteiger partial charge in [0.05, 0.1) is 6.42 Å². The van der Waals surface area contributed by atoms with Crippen molar-refractivity contribution in [1.29, 1.82) is 0 Å². The van der Waals surface area contributed by atoms with Gasteiger partial charge in [0.15, 0.2) is 0 Å². The predicted molar refractivity (Wildman–Crippen MR) is 109 cm³/mol. The first-order chi connectivity index (χ1) is 12.8. The summed E-state index contributed by atoms with van der Waals surface area (Å²) in [5, 5.41) is 0. The summed E-state index contributed by atoms with van der Waals surface area (Å²) in [6.45, 7) is 8.33. The summed E-state index contributed by atoms with van der Waals surface area (Å²) in [4.78, 5) is 14.7. The third-order valence-electron chi connectivity index (χ3n) is 5.41. The largest absolute Gasteiger partial charge is 0.489 e. The van der Waals surface area contributed by atoms with Crippen LogP contribution in [0.3, 0.4) is 0 Å². The fraction of sp³-hybridized carbons (Fsp3) is 0.435. The van der Waals surface area contributed by atoms with E-state index in [-0.39, 0.29) is 17.4 Å². The molecule has 2 aromatic carbocycles. The highest BCUT2D eigenvalue weighted by molar-refractivity contribution is 5.79. The van der Waals surface area contributed by atoms with Crippen molar-refractivity contribution in [3.63, 3.8) is 0 Å². The zero-order valence-electron chi connectivity index (χ0n) is 16.6. The highest BCUT2D eigenvalue weighted by Crippen LogP contribution is 2.28. The Morgan fingerprint density at radius 1 is 1.19 bits per heavy atom. The number of piperidine rings is 1. The number of hydrogen-bond donors (Lipinski definition) is 1. The minimum atomic E-state index is -0.0350. The summed E-state index contributed by atoms with van der Waals surface area (Å²) in [5.74, 6) is 0.952. The summed E-state index contributed by atoms with van der Waals surface area (Å²) in [6.07, 6.45) is 1.26. The molecule has 2 aromatic rings. The SMILES string of the molecule is Cc1cccc(COc2cccc(CC(=O)N3CCC(N)C(C)(C)C3)c2)c1. The second-order valence-electron chi connectivity index (χ2n) is 8.30. The van der Waals surface area contributed by atoms with Gasteiger partial charge in [0, 0.05) is 19.1 Å². The molecule has 1 aliphatic heterocycles. The zero-order valence-corrected chi connectivity index (χ0v) is 16.6. The van der Waals surface area contributed by atoms with Crippen LogP contribution < -0.4 is 10.5 Å². The molecule has 144 valence electrons. The van der Waals surface area contributed by atoms with Gasteiger partial charge in [0.1, 0.15) is 12.4 Å². The van der Waals surface area contributed by atoms with Gasteiger partial charge in [-0.15, -0.1) is 0 Å². The van der Waals surface area contributed by atoms with Crippen LogP contribution in [0.5, 0.6) is 5.75 Å². The van der Waals surface area contributed by atoms with Crippen LogP contribution >= 0.6 is 0 Å². The van der Waals surface area contributed by atoms with Gasteiger partial charge in [-0.3, -0.25) is 4.79 Å². The number of nitrogens with zero attached hydrogens (tertiary/aromatic N) is 1. The summed E-state index contributed by atoms with van der Waals surface area (Å²) in [7, 11) is 0. The summed E-state index contributed by atoms with van der Waals surface area (Å²) in [5.41, 5.74) is 9.49. The number of carbonyl (C=O) groups is 1. The molecule has 0 bridgehead atoms. The zero-order chi connectivity index (χ0) is 19.4. The molecule has 1 saturated heterocycles. The lowest BCUT2D eigenvalue weighted by Gasteiger charge is -2.42. The molecule has 1 heterocycles. The highest BCUT2D eigenvalue weighted by atomic mass is 16.5. The molecule has 27 heavy (non-hydrogen) atoms. The van der Waals surface area contributed by atoms with E-state index in [9.17, 15) is 4.79 Å². The number of rotatable bonds is 5. The first-order valence-electron chi connectivity index (χ1n) is 9.64. The van der Waals surface area contributed by atoms with Gasteiger partial charge in [0.25, 0.3) is 0 Å². The van der Waals surface area contributed by atoms with E-state index in [1.807, 2.05) is 35.2 Å². The average Bonchev–Trinajstić information content (AvgIpc) is 2.62. The normalized spacial score (nSPS) is 19.0. The Balaban J connectivity index is 1.59. The molecule has 3 rings (SSSR count). The van der Waals surface area contributed by atoms with Crippen LogP contribution in [0.15, 0.2) is 48.5 Å². The van der Waals surface area contributed by atoms with Crippen molar-refractivity contribution in [2.75, 3.05) is 13.1 Å². The number of hydrogen-bond acceptors (Lipinski definition) is 3. The van der Waals surface area contributed by atoms with Gasteiger partial charge in [-0.05, 0) is 42.0 Å². The minimum Gasteiger partial charge on any atom is -0.489 e. The molecule has 4 heteroatoms. The Morgan fingerprint density at radius 2 is 1.93 bits per heavy atom.